The summed E-state index contributed by atoms with van der Waals surface area (Å²) in [6.07, 6.45) is 1.48. The van der Waals surface area contributed by atoms with Crippen LogP contribution in [-0.2, 0) is 0 Å². The van der Waals surface area contributed by atoms with Crippen LogP contribution in [0, 0.1) is 12.7 Å². The lowest BCUT2D eigenvalue weighted by molar-refractivity contribution is 0.102. The fraction of sp³-hybridized carbons (Fsp3) is 0.0769. The zero-order valence-corrected chi connectivity index (χ0v) is 10.3. The lowest BCUT2D eigenvalue weighted by Gasteiger charge is -2.07. The molecule has 2 aromatic rings. The first-order valence-electron chi connectivity index (χ1n) is 5.25. The van der Waals surface area contributed by atoms with Gasteiger partial charge in [0, 0.05) is 16.8 Å². The van der Waals surface area contributed by atoms with Gasteiger partial charge in [-0.05, 0) is 36.8 Å². The number of aromatic nitrogens is 1. The van der Waals surface area contributed by atoms with Crippen molar-refractivity contribution in [1.29, 1.82) is 0 Å². The van der Waals surface area contributed by atoms with E-state index in [1.54, 1.807) is 19.1 Å². The Morgan fingerprint density at radius 2 is 2.11 bits per heavy atom. The van der Waals surface area contributed by atoms with Crippen LogP contribution in [0.2, 0.25) is 5.02 Å². The van der Waals surface area contributed by atoms with E-state index in [2.05, 4.69) is 10.3 Å². The molecule has 92 valence electrons. The Balaban J connectivity index is 2.24. The number of benzene rings is 1. The Morgan fingerprint density at radius 3 is 2.83 bits per heavy atom. The fourth-order valence-corrected chi connectivity index (χ4v) is 1.66. The number of anilines is 1. The molecule has 1 amide bonds. The van der Waals surface area contributed by atoms with E-state index >= 15 is 0 Å². The van der Waals surface area contributed by atoms with Gasteiger partial charge in [-0.3, -0.25) is 4.79 Å². The maximum Gasteiger partial charge on any atom is 0.257 e. The van der Waals surface area contributed by atoms with E-state index in [0.29, 0.717) is 16.4 Å². The third kappa shape index (κ3) is 2.84. The monoisotopic (exact) mass is 264 g/mol. The zero-order valence-electron chi connectivity index (χ0n) is 9.58. The molecule has 3 nitrogen and oxygen atoms in total. The second-order valence-corrected chi connectivity index (χ2v) is 4.21. The van der Waals surface area contributed by atoms with E-state index in [0.717, 1.165) is 0 Å². The van der Waals surface area contributed by atoms with Gasteiger partial charge in [0.15, 0.2) is 0 Å². The number of pyridine rings is 1. The van der Waals surface area contributed by atoms with Gasteiger partial charge in [0.25, 0.3) is 5.91 Å². The Hall–Kier alpha value is -1.94. The molecule has 1 aromatic carbocycles. The van der Waals surface area contributed by atoms with Crippen LogP contribution in [0.5, 0.6) is 0 Å². The van der Waals surface area contributed by atoms with Gasteiger partial charge in [-0.25, -0.2) is 9.37 Å². The van der Waals surface area contributed by atoms with Crippen molar-refractivity contribution >= 4 is 23.3 Å². The van der Waals surface area contributed by atoms with Crippen LogP contribution in [0.3, 0.4) is 0 Å². The second kappa shape index (κ2) is 5.14. The summed E-state index contributed by atoms with van der Waals surface area (Å²) in [4.78, 5) is 15.9. The van der Waals surface area contributed by atoms with E-state index in [4.69, 9.17) is 11.6 Å². The molecule has 0 radical (unpaired) electrons. The molecule has 0 aliphatic rings. The summed E-state index contributed by atoms with van der Waals surface area (Å²) in [5, 5.41) is 3.03. The molecular formula is C13H10ClFN2O. The highest BCUT2D eigenvalue weighted by Gasteiger charge is 2.11. The number of rotatable bonds is 2. The van der Waals surface area contributed by atoms with Crippen molar-refractivity contribution in [3.05, 3.63) is 58.5 Å². The van der Waals surface area contributed by atoms with E-state index in [1.165, 1.54) is 24.4 Å². The summed E-state index contributed by atoms with van der Waals surface area (Å²) in [6, 6.07) is 7.17. The molecular weight excluding hydrogens is 255 g/mol. The molecule has 0 saturated heterocycles. The van der Waals surface area contributed by atoms with Crippen molar-refractivity contribution in [3.63, 3.8) is 0 Å². The number of halogens is 2. The van der Waals surface area contributed by atoms with Crippen LogP contribution >= 0.6 is 11.6 Å². The van der Waals surface area contributed by atoms with Crippen LogP contribution in [0.25, 0.3) is 0 Å². The van der Waals surface area contributed by atoms with Crippen molar-refractivity contribution in [2.45, 2.75) is 6.92 Å². The van der Waals surface area contributed by atoms with Crippen molar-refractivity contribution in [1.82, 2.24) is 4.98 Å². The van der Waals surface area contributed by atoms with E-state index in [9.17, 15) is 9.18 Å². The van der Waals surface area contributed by atoms with Gasteiger partial charge < -0.3 is 5.32 Å². The van der Waals surface area contributed by atoms with Crippen LogP contribution < -0.4 is 5.32 Å². The number of nitrogens with zero attached hydrogens (tertiary/aromatic N) is 1. The first kappa shape index (κ1) is 12.5. The second-order valence-electron chi connectivity index (χ2n) is 3.77. The highest BCUT2D eigenvalue weighted by Crippen LogP contribution is 2.15. The molecule has 0 spiro atoms. The summed E-state index contributed by atoms with van der Waals surface area (Å²) >= 11 is 5.78. The molecule has 0 unspecified atom stereocenters. The number of nitrogens with one attached hydrogen (secondary N) is 1. The Bertz CT molecular complexity index is 601. The van der Waals surface area contributed by atoms with Gasteiger partial charge in [0.05, 0.1) is 0 Å². The van der Waals surface area contributed by atoms with Crippen LogP contribution in [-0.4, -0.2) is 10.9 Å². The maximum atomic E-state index is 13.1. The molecule has 2 rings (SSSR count). The predicted molar refractivity (Wildman–Crippen MR) is 68.3 cm³/mol. The standard InChI is InChI=1S/C13H10ClFN2O/c1-8-2-3-10(15)7-11(8)13(18)17-12-6-9(14)4-5-16-12/h2-7H,1H3,(H,16,17,18). The summed E-state index contributed by atoms with van der Waals surface area (Å²) < 4.78 is 13.1. The number of aryl methyl sites for hydroxylation is 1. The van der Waals surface area contributed by atoms with Crippen molar-refractivity contribution in [2.24, 2.45) is 0 Å². The minimum atomic E-state index is -0.454. The summed E-state index contributed by atoms with van der Waals surface area (Å²) in [7, 11) is 0. The number of hydrogen-bond donors (Lipinski definition) is 1. The first-order valence-corrected chi connectivity index (χ1v) is 5.63. The quantitative estimate of drug-likeness (QED) is 0.903. The number of carbonyl (C=O) groups excluding carboxylic acids is 1. The SMILES string of the molecule is Cc1ccc(F)cc1C(=O)Nc1cc(Cl)ccn1. The molecule has 18 heavy (non-hydrogen) atoms. The smallest absolute Gasteiger partial charge is 0.257 e. The predicted octanol–water partition coefficient (Wildman–Crippen LogP) is 3.43. The van der Waals surface area contributed by atoms with Gasteiger partial charge in [0.2, 0.25) is 0 Å². The summed E-state index contributed by atoms with van der Waals surface area (Å²) in [6.45, 7) is 1.74. The zero-order chi connectivity index (χ0) is 13.1. The molecule has 1 N–H and O–H groups in total. The van der Waals surface area contributed by atoms with E-state index in [-0.39, 0.29) is 5.56 Å². The van der Waals surface area contributed by atoms with Crippen LogP contribution in [0.15, 0.2) is 36.5 Å². The van der Waals surface area contributed by atoms with Crippen LogP contribution in [0.4, 0.5) is 10.2 Å². The first-order chi connectivity index (χ1) is 8.56. The lowest BCUT2D eigenvalue weighted by atomic mass is 10.1. The van der Waals surface area contributed by atoms with E-state index in [1.807, 2.05) is 0 Å². The third-order valence-electron chi connectivity index (χ3n) is 2.41. The third-order valence-corrected chi connectivity index (χ3v) is 2.64. The van der Waals surface area contributed by atoms with Crippen LogP contribution in [0.1, 0.15) is 15.9 Å². The minimum absolute atomic E-state index is 0.275. The molecule has 0 aliphatic heterocycles. The van der Waals surface area contributed by atoms with Gasteiger partial charge in [0.1, 0.15) is 11.6 Å². The van der Waals surface area contributed by atoms with Gasteiger partial charge >= 0.3 is 0 Å². The maximum absolute atomic E-state index is 13.1. The topological polar surface area (TPSA) is 42.0 Å². The molecule has 0 saturated carbocycles. The Labute approximate surface area is 109 Å². The molecule has 5 heteroatoms. The average molecular weight is 265 g/mol. The normalized spacial score (nSPS) is 10.2. The highest BCUT2D eigenvalue weighted by molar-refractivity contribution is 6.30. The molecule has 1 heterocycles. The average Bonchev–Trinajstić information content (AvgIpc) is 2.32. The molecule has 0 bridgehead atoms. The van der Waals surface area contributed by atoms with Crippen molar-refractivity contribution in [2.75, 3.05) is 5.32 Å². The van der Waals surface area contributed by atoms with Crippen molar-refractivity contribution < 1.29 is 9.18 Å². The van der Waals surface area contributed by atoms with Gasteiger partial charge in [-0.15, -0.1) is 0 Å². The fourth-order valence-electron chi connectivity index (χ4n) is 1.50. The summed E-state index contributed by atoms with van der Waals surface area (Å²) in [5.41, 5.74) is 0.965. The number of amides is 1. The Kier molecular flexibility index (Phi) is 3.58. The van der Waals surface area contributed by atoms with Gasteiger partial charge in [-0.2, -0.15) is 0 Å². The molecule has 1 aromatic heterocycles. The number of carbonyl (C=O) groups is 1. The molecule has 0 fully saturated rings. The number of hydrogen-bond acceptors (Lipinski definition) is 2. The highest BCUT2D eigenvalue weighted by atomic mass is 35.5. The molecule has 0 atom stereocenters. The molecule has 0 aliphatic carbocycles. The van der Waals surface area contributed by atoms with Crippen molar-refractivity contribution in [3.8, 4) is 0 Å². The van der Waals surface area contributed by atoms with Gasteiger partial charge in [-0.1, -0.05) is 17.7 Å². The van der Waals surface area contributed by atoms with E-state index < -0.39 is 11.7 Å². The lowest BCUT2D eigenvalue weighted by Crippen LogP contribution is -2.14. The largest absolute Gasteiger partial charge is 0.307 e. The Morgan fingerprint density at radius 1 is 1.33 bits per heavy atom. The minimum Gasteiger partial charge on any atom is -0.307 e. The summed E-state index contributed by atoms with van der Waals surface area (Å²) in [5.74, 6) is -0.539.